The Morgan fingerprint density at radius 3 is 2.61 bits per heavy atom. The van der Waals surface area contributed by atoms with E-state index in [9.17, 15) is 0 Å². The van der Waals surface area contributed by atoms with Crippen molar-refractivity contribution in [3.63, 3.8) is 0 Å². The summed E-state index contributed by atoms with van der Waals surface area (Å²) < 4.78 is 1.84. The molecule has 0 saturated carbocycles. The number of halogens is 1. The van der Waals surface area contributed by atoms with E-state index in [0.717, 1.165) is 36.0 Å². The Morgan fingerprint density at radius 1 is 1.61 bits per heavy atom. The maximum Gasteiger partial charge on any atom is 0.0860 e. The molecular weight excluding hydrogens is 268 g/mol. The van der Waals surface area contributed by atoms with Crippen LogP contribution in [0.4, 0.5) is 0 Å². The second kappa shape index (κ2) is 6.50. The molecule has 0 aromatic carbocycles. The Labute approximate surface area is 119 Å². The third-order valence-corrected chi connectivity index (χ3v) is 3.99. The van der Waals surface area contributed by atoms with Gasteiger partial charge in [-0.2, -0.15) is 5.10 Å². The lowest BCUT2D eigenvalue weighted by Crippen LogP contribution is -2.34. The first kappa shape index (κ1) is 15.4. The SMILES string of the molecule is CCN(Cc1c(Cl)c(C)nn1C)CC(C)C(N)=S. The van der Waals surface area contributed by atoms with E-state index in [1.807, 2.05) is 25.6 Å². The molecule has 4 nitrogen and oxygen atoms in total. The maximum atomic E-state index is 6.25. The van der Waals surface area contributed by atoms with Crippen molar-refractivity contribution >= 4 is 28.8 Å². The maximum absolute atomic E-state index is 6.25. The van der Waals surface area contributed by atoms with Crippen LogP contribution < -0.4 is 5.73 Å². The first-order chi connectivity index (χ1) is 8.36. The van der Waals surface area contributed by atoms with Crippen LogP contribution in [0.15, 0.2) is 0 Å². The Bertz CT molecular complexity index is 430. The summed E-state index contributed by atoms with van der Waals surface area (Å²) in [7, 11) is 1.92. The quantitative estimate of drug-likeness (QED) is 0.815. The number of aryl methyl sites for hydroxylation is 2. The molecule has 0 radical (unpaired) electrons. The van der Waals surface area contributed by atoms with Crippen LogP contribution in [0.5, 0.6) is 0 Å². The number of thiocarbonyl (C=S) groups is 1. The standard InChI is InChI=1S/C12H21ClN4S/c1-5-17(6-8(2)12(14)18)7-10-11(13)9(3)15-16(10)4/h8H,5-7H2,1-4H3,(H2,14,18). The molecular formula is C12H21ClN4S. The molecule has 1 aromatic rings. The van der Waals surface area contributed by atoms with Gasteiger partial charge in [0.2, 0.25) is 0 Å². The molecule has 0 saturated heterocycles. The van der Waals surface area contributed by atoms with Gasteiger partial charge in [0.15, 0.2) is 0 Å². The lowest BCUT2D eigenvalue weighted by Gasteiger charge is -2.23. The van der Waals surface area contributed by atoms with E-state index in [-0.39, 0.29) is 5.92 Å². The van der Waals surface area contributed by atoms with Crippen LogP contribution in [0, 0.1) is 12.8 Å². The van der Waals surface area contributed by atoms with Crippen LogP contribution in [0.1, 0.15) is 25.2 Å². The fraction of sp³-hybridized carbons (Fsp3) is 0.667. The molecule has 0 spiro atoms. The van der Waals surface area contributed by atoms with Gasteiger partial charge >= 0.3 is 0 Å². The molecule has 18 heavy (non-hydrogen) atoms. The molecule has 0 aliphatic carbocycles. The van der Waals surface area contributed by atoms with Crippen LogP contribution in [0.3, 0.4) is 0 Å². The minimum Gasteiger partial charge on any atom is -0.393 e. The zero-order chi connectivity index (χ0) is 13.9. The summed E-state index contributed by atoms with van der Waals surface area (Å²) in [4.78, 5) is 2.83. The number of rotatable bonds is 6. The summed E-state index contributed by atoms with van der Waals surface area (Å²) in [5, 5.41) is 5.07. The first-order valence-electron chi connectivity index (χ1n) is 6.06. The lowest BCUT2D eigenvalue weighted by molar-refractivity contribution is 0.257. The Morgan fingerprint density at radius 2 is 2.22 bits per heavy atom. The molecule has 6 heteroatoms. The van der Waals surface area contributed by atoms with Crippen molar-refractivity contribution in [2.24, 2.45) is 18.7 Å². The smallest absolute Gasteiger partial charge is 0.0860 e. The van der Waals surface area contributed by atoms with Gasteiger partial charge in [-0.15, -0.1) is 0 Å². The number of hydrogen-bond acceptors (Lipinski definition) is 3. The van der Waals surface area contributed by atoms with E-state index in [4.69, 9.17) is 29.6 Å². The van der Waals surface area contributed by atoms with E-state index >= 15 is 0 Å². The molecule has 0 bridgehead atoms. The van der Waals surface area contributed by atoms with Gasteiger partial charge in [-0.25, -0.2) is 0 Å². The first-order valence-corrected chi connectivity index (χ1v) is 6.85. The van der Waals surface area contributed by atoms with Gasteiger partial charge in [0, 0.05) is 26.1 Å². The number of nitrogens with two attached hydrogens (primary N) is 1. The highest BCUT2D eigenvalue weighted by atomic mass is 35.5. The van der Waals surface area contributed by atoms with Crippen LogP contribution in [-0.2, 0) is 13.6 Å². The van der Waals surface area contributed by atoms with Crippen molar-refractivity contribution < 1.29 is 0 Å². The van der Waals surface area contributed by atoms with Crippen molar-refractivity contribution in [3.05, 3.63) is 16.4 Å². The van der Waals surface area contributed by atoms with Crippen molar-refractivity contribution in [2.75, 3.05) is 13.1 Å². The molecule has 0 amide bonds. The van der Waals surface area contributed by atoms with Crippen LogP contribution in [0.2, 0.25) is 5.02 Å². The highest BCUT2D eigenvalue weighted by molar-refractivity contribution is 7.80. The van der Waals surface area contributed by atoms with E-state index in [2.05, 4.69) is 16.9 Å². The van der Waals surface area contributed by atoms with Gasteiger partial charge in [-0.1, -0.05) is 37.7 Å². The van der Waals surface area contributed by atoms with Crippen molar-refractivity contribution in [3.8, 4) is 0 Å². The molecule has 1 atom stereocenters. The highest BCUT2D eigenvalue weighted by Crippen LogP contribution is 2.21. The molecule has 2 N–H and O–H groups in total. The van der Waals surface area contributed by atoms with E-state index in [1.54, 1.807) is 0 Å². The van der Waals surface area contributed by atoms with Gasteiger partial charge < -0.3 is 5.73 Å². The zero-order valence-electron chi connectivity index (χ0n) is 11.4. The third kappa shape index (κ3) is 3.67. The topological polar surface area (TPSA) is 47.1 Å². The minimum atomic E-state index is 0.202. The summed E-state index contributed by atoms with van der Waals surface area (Å²) in [5.41, 5.74) is 7.56. The second-order valence-corrected chi connectivity index (χ2v) is 5.45. The number of aromatic nitrogens is 2. The lowest BCUT2D eigenvalue weighted by atomic mass is 10.1. The molecule has 0 aliphatic rings. The average molecular weight is 289 g/mol. The minimum absolute atomic E-state index is 0.202. The normalized spacial score (nSPS) is 13.0. The second-order valence-electron chi connectivity index (χ2n) is 4.60. The van der Waals surface area contributed by atoms with Crippen LogP contribution in [0.25, 0.3) is 0 Å². The van der Waals surface area contributed by atoms with E-state index < -0.39 is 0 Å². The van der Waals surface area contributed by atoms with Crippen LogP contribution in [-0.4, -0.2) is 32.8 Å². The van der Waals surface area contributed by atoms with Gasteiger partial charge in [0.1, 0.15) is 0 Å². The highest BCUT2D eigenvalue weighted by Gasteiger charge is 2.16. The third-order valence-electron chi connectivity index (χ3n) is 3.10. The molecule has 102 valence electrons. The van der Waals surface area contributed by atoms with Crippen molar-refractivity contribution in [2.45, 2.75) is 27.3 Å². The van der Waals surface area contributed by atoms with Gasteiger partial charge in [0.05, 0.1) is 21.4 Å². The van der Waals surface area contributed by atoms with Gasteiger partial charge in [-0.05, 0) is 13.5 Å². The molecule has 0 fully saturated rings. The Balaban J connectivity index is 2.77. The fourth-order valence-corrected chi connectivity index (χ4v) is 2.14. The summed E-state index contributed by atoms with van der Waals surface area (Å²) >= 11 is 11.3. The Hall–Kier alpha value is -0.650. The van der Waals surface area contributed by atoms with E-state index in [0.29, 0.717) is 4.99 Å². The largest absolute Gasteiger partial charge is 0.393 e. The monoisotopic (exact) mass is 288 g/mol. The molecule has 1 aromatic heterocycles. The fourth-order valence-electron chi connectivity index (χ4n) is 1.85. The zero-order valence-corrected chi connectivity index (χ0v) is 13.0. The molecule has 1 rings (SSSR count). The summed E-state index contributed by atoms with van der Waals surface area (Å²) in [6.07, 6.45) is 0. The summed E-state index contributed by atoms with van der Waals surface area (Å²) in [6.45, 7) is 8.60. The van der Waals surface area contributed by atoms with Crippen molar-refractivity contribution in [1.29, 1.82) is 0 Å². The van der Waals surface area contributed by atoms with E-state index in [1.165, 1.54) is 0 Å². The molecule has 0 aliphatic heterocycles. The summed E-state index contributed by atoms with van der Waals surface area (Å²) in [5.74, 6) is 0.202. The molecule has 1 unspecified atom stereocenters. The van der Waals surface area contributed by atoms with Gasteiger partial charge in [-0.3, -0.25) is 9.58 Å². The average Bonchev–Trinajstić information content (AvgIpc) is 2.54. The predicted octanol–water partition coefficient (Wildman–Crippen LogP) is 2.13. The number of nitrogens with zero attached hydrogens (tertiary/aromatic N) is 3. The molecule has 1 heterocycles. The predicted molar refractivity (Wildman–Crippen MR) is 79.9 cm³/mol. The van der Waals surface area contributed by atoms with Crippen molar-refractivity contribution in [1.82, 2.24) is 14.7 Å². The Kier molecular flexibility index (Phi) is 5.56. The van der Waals surface area contributed by atoms with Gasteiger partial charge in [0.25, 0.3) is 0 Å². The number of hydrogen-bond donors (Lipinski definition) is 1. The summed E-state index contributed by atoms with van der Waals surface area (Å²) in [6, 6.07) is 0. The van der Waals surface area contributed by atoms with Crippen LogP contribution >= 0.6 is 23.8 Å².